The molecule has 3 aromatic rings. The molecule has 0 spiro atoms. The SMILES string of the molecule is CCC(CC)C(=O)Oc1ccc2[nH]c([S+]([O-])Cc3ncc(C)c(OC)c3C)nc2c1. The predicted molar refractivity (Wildman–Crippen MR) is 116 cm³/mol. The number of aromatic nitrogens is 3. The van der Waals surface area contributed by atoms with Gasteiger partial charge in [0.1, 0.15) is 11.5 Å². The van der Waals surface area contributed by atoms with Crippen molar-refractivity contribution in [3.63, 3.8) is 0 Å². The van der Waals surface area contributed by atoms with Crippen LogP contribution in [0.2, 0.25) is 0 Å². The molecule has 0 saturated carbocycles. The van der Waals surface area contributed by atoms with Crippen molar-refractivity contribution in [2.24, 2.45) is 5.92 Å². The average molecular weight is 430 g/mol. The molecule has 160 valence electrons. The minimum atomic E-state index is -1.41. The van der Waals surface area contributed by atoms with Gasteiger partial charge in [-0.2, -0.15) is 4.98 Å². The van der Waals surface area contributed by atoms with E-state index in [1.54, 1.807) is 31.5 Å². The Morgan fingerprint density at radius 1 is 1.27 bits per heavy atom. The maximum absolute atomic E-state index is 12.9. The molecule has 0 aliphatic carbocycles. The van der Waals surface area contributed by atoms with E-state index in [9.17, 15) is 9.35 Å². The van der Waals surface area contributed by atoms with E-state index in [2.05, 4.69) is 15.0 Å². The van der Waals surface area contributed by atoms with Gasteiger partial charge in [0.15, 0.2) is 5.75 Å². The highest BCUT2D eigenvalue weighted by Gasteiger charge is 2.22. The fourth-order valence-electron chi connectivity index (χ4n) is 3.36. The van der Waals surface area contributed by atoms with Crippen LogP contribution in [0.15, 0.2) is 29.6 Å². The highest BCUT2D eigenvalue weighted by molar-refractivity contribution is 7.90. The molecule has 1 unspecified atom stereocenters. The zero-order valence-electron chi connectivity index (χ0n) is 17.9. The maximum Gasteiger partial charge on any atom is 0.322 e. The number of carbonyl (C=O) groups excluding carboxylic acids is 1. The third-order valence-electron chi connectivity index (χ3n) is 5.20. The molecule has 0 radical (unpaired) electrons. The third kappa shape index (κ3) is 4.60. The largest absolute Gasteiger partial charge is 0.609 e. The first-order valence-electron chi connectivity index (χ1n) is 9.96. The number of H-pyrrole nitrogens is 1. The molecule has 1 N–H and O–H groups in total. The molecule has 30 heavy (non-hydrogen) atoms. The predicted octanol–water partition coefficient (Wildman–Crippen LogP) is 4.23. The van der Waals surface area contributed by atoms with Crippen LogP contribution in [0.5, 0.6) is 11.5 Å². The molecule has 3 rings (SSSR count). The molecule has 7 nitrogen and oxygen atoms in total. The molecular formula is C22H27N3O4S. The summed E-state index contributed by atoms with van der Waals surface area (Å²) in [6.45, 7) is 7.76. The van der Waals surface area contributed by atoms with Gasteiger partial charge in [0.05, 0.1) is 29.8 Å². The van der Waals surface area contributed by atoms with Crippen LogP contribution in [-0.4, -0.2) is 32.6 Å². The summed E-state index contributed by atoms with van der Waals surface area (Å²) in [6, 6.07) is 5.17. The number of imidazole rings is 1. The number of fused-ring (bicyclic) bond motifs is 1. The number of aryl methyl sites for hydroxylation is 1. The van der Waals surface area contributed by atoms with Gasteiger partial charge in [0.25, 0.3) is 0 Å². The van der Waals surface area contributed by atoms with Crippen molar-refractivity contribution in [3.05, 3.63) is 41.2 Å². The molecule has 1 aromatic carbocycles. The zero-order valence-corrected chi connectivity index (χ0v) is 18.8. The average Bonchev–Trinajstić information content (AvgIpc) is 3.15. The van der Waals surface area contributed by atoms with Gasteiger partial charge >= 0.3 is 11.1 Å². The summed E-state index contributed by atoms with van der Waals surface area (Å²) in [7, 11) is 1.61. The molecule has 8 heteroatoms. The summed E-state index contributed by atoms with van der Waals surface area (Å²) < 4.78 is 23.8. The van der Waals surface area contributed by atoms with Gasteiger partial charge in [-0.15, -0.1) is 0 Å². The van der Waals surface area contributed by atoms with Crippen LogP contribution in [0, 0.1) is 19.8 Å². The summed E-state index contributed by atoms with van der Waals surface area (Å²) >= 11 is -1.41. The molecule has 0 saturated heterocycles. The van der Waals surface area contributed by atoms with E-state index in [4.69, 9.17) is 9.47 Å². The van der Waals surface area contributed by atoms with Crippen molar-refractivity contribution in [2.45, 2.75) is 51.4 Å². The number of benzene rings is 1. The van der Waals surface area contributed by atoms with Crippen molar-refractivity contribution < 1.29 is 18.8 Å². The summed E-state index contributed by atoms with van der Waals surface area (Å²) in [5, 5.41) is 0.356. The highest BCUT2D eigenvalue weighted by Crippen LogP contribution is 2.27. The Bertz CT molecular complexity index is 1050. The van der Waals surface area contributed by atoms with Gasteiger partial charge < -0.3 is 14.0 Å². The fraction of sp³-hybridized carbons (Fsp3) is 0.409. The van der Waals surface area contributed by atoms with Gasteiger partial charge in [0, 0.05) is 34.6 Å². The maximum atomic E-state index is 12.9. The van der Waals surface area contributed by atoms with Crippen molar-refractivity contribution in [3.8, 4) is 11.5 Å². The van der Waals surface area contributed by atoms with E-state index in [0.717, 1.165) is 35.2 Å². The summed E-state index contributed by atoms with van der Waals surface area (Å²) in [6.07, 6.45) is 3.19. The van der Waals surface area contributed by atoms with Gasteiger partial charge in [-0.3, -0.25) is 14.8 Å². The smallest absolute Gasteiger partial charge is 0.322 e. The first-order chi connectivity index (χ1) is 14.4. The summed E-state index contributed by atoms with van der Waals surface area (Å²) in [5.74, 6) is 1.05. The Hall–Kier alpha value is -2.58. The first kappa shape index (κ1) is 22.1. The lowest BCUT2D eigenvalue weighted by Crippen LogP contribution is -2.19. The minimum Gasteiger partial charge on any atom is -0.609 e. The molecule has 2 heterocycles. The van der Waals surface area contributed by atoms with E-state index in [0.29, 0.717) is 22.1 Å². The zero-order chi connectivity index (χ0) is 21.8. The lowest BCUT2D eigenvalue weighted by Gasteiger charge is -2.13. The normalized spacial score (nSPS) is 12.4. The van der Waals surface area contributed by atoms with E-state index in [-0.39, 0.29) is 17.6 Å². The van der Waals surface area contributed by atoms with Gasteiger partial charge in [-0.05, 0) is 38.8 Å². The summed E-state index contributed by atoms with van der Waals surface area (Å²) in [5.41, 5.74) is 3.84. The number of aromatic amines is 1. The second-order valence-corrected chi connectivity index (χ2v) is 8.56. The van der Waals surface area contributed by atoms with E-state index in [1.807, 2.05) is 27.7 Å². The van der Waals surface area contributed by atoms with Crippen LogP contribution in [0.4, 0.5) is 0 Å². The molecule has 0 fully saturated rings. The number of hydrogen-bond acceptors (Lipinski definition) is 6. The Kier molecular flexibility index (Phi) is 6.99. The fourth-order valence-corrected chi connectivity index (χ4v) is 4.46. The molecule has 2 aromatic heterocycles. The van der Waals surface area contributed by atoms with E-state index < -0.39 is 11.2 Å². The standard InChI is InChI=1S/C22H27N3O4S/c1-6-15(7-2)21(26)29-16-8-9-17-18(10-16)25-22(24-17)30(27)12-19-14(4)20(28-5)13(3)11-23-19/h8-11,15H,6-7,12H2,1-5H3,(H,24,25). The Balaban J connectivity index is 1.79. The molecule has 0 aliphatic heterocycles. The lowest BCUT2D eigenvalue weighted by atomic mass is 10.0. The number of pyridine rings is 1. The number of esters is 1. The van der Waals surface area contributed by atoms with Crippen LogP contribution < -0.4 is 9.47 Å². The number of hydrogen-bond donors (Lipinski definition) is 1. The number of nitrogens with one attached hydrogen (secondary N) is 1. The van der Waals surface area contributed by atoms with Gasteiger partial charge in [-0.1, -0.05) is 13.8 Å². The van der Waals surface area contributed by atoms with Crippen molar-refractivity contribution in [1.82, 2.24) is 15.0 Å². The van der Waals surface area contributed by atoms with Gasteiger partial charge in [-0.25, -0.2) is 0 Å². The number of carbonyl (C=O) groups is 1. The monoisotopic (exact) mass is 429 g/mol. The first-order valence-corrected chi connectivity index (χ1v) is 11.3. The Morgan fingerprint density at radius 3 is 2.67 bits per heavy atom. The third-order valence-corrected chi connectivity index (χ3v) is 6.36. The van der Waals surface area contributed by atoms with E-state index in [1.165, 1.54) is 0 Å². The van der Waals surface area contributed by atoms with Crippen molar-refractivity contribution in [2.75, 3.05) is 7.11 Å². The van der Waals surface area contributed by atoms with Crippen LogP contribution in [0.1, 0.15) is 43.5 Å². The number of rotatable bonds is 8. The quantitative estimate of drug-likeness (QED) is 0.327. The summed E-state index contributed by atoms with van der Waals surface area (Å²) in [4.78, 5) is 24.2. The molecular weight excluding hydrogens is 402 g/mol. The Labute approximate surface area is 179 Å². The number of nitrogens with zero attached hydrogens (tertiary/aromatic N) is 2. The van der Waals surface area contributed by atoms with Crippen LogP contribution in [-0.2, 0) is 21.7 Å². The topological polar surface area (TPSA) is 100 Å². The van der Waals surface area contributed by atoms with Crippen LogP contribution in [0.25, 0.3) is 11.0 Å². The lowest BCUT2D eigenvalue weighted by molar-refractivity contribution is -0.139. The molecule has 0 amide bonds. The minimum absolute atomic E-state index is 0.120. The second kappa shape index (κ2) is 9.49. The van der Waals surface area contributed by atoms with Crippen LogP contribution in [0.3, 0.4) is 0 Å². The Morgan fingerprint density at radius 2 is 2.00 bits per heavy atom. The molecule has 1 atom stereocenters. The van der Waals surface area contributed by atoms with Crippen molar-refractivity contribution >= 4 is 28.2 Å². The second-order valence-electron chi connectivity index (χ2n) is 7.19. The molecule has 0 aliphatic rings. The van der Waals surface area contributed by atoms with Crippen molar-refractivity contribution in [1.29, 1.82) is 0 Å². The van der Waals surface area contributed by atoms with Crippen LogP contribution >= 0.6 is 0 Å². The highest BCUT2D eigenvalue weighted by atomic mass is 32.2. The van der Waals surface area contributed by atoms with E-state index >= 15 is 0 Å². The number of ether oxygens (including phenoxy) is 2. The van der Waals surface area contributed by atoms with Gasteiger partial charge in [0.2, 0.25) is 0 Å². The number of methoxy groups -OCH3 is 1. The molecule has 0 bridgehead atoms.